The fourth-order valence-electron chi connectivity index (χ4n) is 1.95. The monoisotopic (exact) mass is 291 g/mol. The highest BCUT2D eigenvalue weighted by Crippen LogP contribution is 2.28. The van der Waals surface area contributed by atoms with Gasteiger partial charge in [0.15, 0.2) is 0 Å². The lowest BCUT2D eigenvalue weighted by Crippen LogP contribution is -2.44. The number of halogens is 2. The third-order valence-corrected chi connectivity index (χ3v) is 2.94. The van der Waals surface area contributed by atoms with Crippen LogP contribution >= 0.6 is 0 Å². The Balaban J connectivity index is 2.55. The van der Waals surface area contributed by atoms with Crippen molar-refractivity contribution in [1.29, 1.82) is 0 Å². The molecule has 1 fully saturated rings. The molecule has 0 radical (unpaired) electrons. The molecule has 0 bridgehead atoms. The molecule has 0 aromatic heterocycles. The van der Waals surface area contributed by atoms with E-state index >= 15 is 0 Å². The van der Waals surface area contributed by atoms with Crippen LogP contribution in [0, 0.1) is 0 Å². The second-order valence-electron chi connectivity index (χ2n) is 5.10. The Hall–Kier alpha value is -1.18. The number of nitrogens with zero attached hydrogens (tertiary/aromatic N) is 1. The molecule has 0 N–H and O–H groups in total. The molecule has 0 aromatic carbocycles. The van der Waals surface area contributed by atoms with Gasteiger partial charge in [-0.1, -0.05) is 19.8 Å². The molecule has 1 rings (SSSR count). The van der Waals surface area contributed by atoms with E-state index in [9.17, 15) is 18.4 Å². The van der Waals surface area contributed by atoms with E-state index in [2.05, 4.69) is 0 Å². The maximum absolute atomic E-state index is 13.7. The Morgan fingerprint density at radius 1 is 1.20 bits per heavy atom. The van der Waals surface area contributed by atoms with Crippen molar-refractivity contribution in [2.75, 3.05) is 20.1 Å². The standard InChI is InChI=1S/C12H20BF2NO4/c1-3-4-5-6-12(14,15)9-13-19-10(17)7-16(2)8-11(18)20-13/h3-9H2,1-2H3. The summed E-state index contributed by atoms with van der Waals surface area (Å²) in [5, 5.41) is 0. The summed E-state index contributed by atoms with van der Waals surface area (Å²) in [6, 6.07) is 0. The molecule has 0 saturated carbocycles. The van der Waals surface area contributed by atoms with Crippen LogP contribution in [0.5, 0.6) is 0 Å². The van der Waals surface area contributed by atoms with E-state index in [1.54, 1.807) is 7.05 Å². The molecule has 0 aromatic rings. The molecular weight excluding hydrogens is 271 g/mol. The zero-order valence-electron chi connectivity index (χ0n) is 11.9. The first-order valence-electron chi connectivity index (χ1n) is 6.78. The first kappa shape index (κ1) is 16.9. The lowest BCUT2D eigenvalue weighted by atomic mass is 9.79. The Morgan fingerprint density at radius 2 is 1.75 bits per heavy atom. The van der Waals surface area contributed by atoms with E-state index in [4.69, 9.17) is 9.31 Å². The van der Waals surface area contributed by atoms with Gasteiger partial charge in [0.1, 0.15) is 0 Å². The van der Waals surface area contributed by atoms with Crippen LogP contribution in [0.4, 0.5) is 8.78 Å². The molecule has 0 unspecified atom stereocenters. The lowest BCUT2D eigenvalue weighted by Gasteiger charge is -2.24. The molecule has 1 heterocycles. The number of likely N-dealkylation sites (N-methyl/N-ethyl adjacent to an activating group) is 1. The number of hydrogen-bond donors (Lipinski definition) is 0. The highest BCUT2D eigenvalue weighted by molar-refractivity contribution is 6.49. The summed E-state index contributed by atoms with van der Waals surface area (Å²) in [5.41, 5.74) is 0. The Morgan fingerprint density at radius 3 is 2.25 bits per heavy atom. The van der Waals surface area contributed by atoms with Gasteiger partial charge in [0.2, 0.25) is 5.92 Å². The summed E-state index contributed by atoms with van der Waals surface area (Å²) in [6.07, 6.45) is 0.867. The first-order chi connectivity index (χ1) is 9.32. The van der Waals surface area contributed by atoms with Crippen molar-refractivity contribution in [3.05, 3.63) is 0 Å². The second kappa shape index (κ2) is 7.57. The zero-order chi connectivity index (χ0) is 15.2. The van der Waals surface area contributed by atoms with E-state index in [-0.39, 0.29) is 19.5 Å². The minimum absolute atomic E-state index is 0.118. The number of carbonyl (C=O) groups excluding carboxylic acids is 2. The molecule has 0 atom stereocenters. The van der Waals surface area contributed by atoms with Gasteiger partial charge in [-0.15, -0.1) is 0 Å². The highest BCUT2D eigenvalue weighted by atomic mass is 19.3. The van der Waals surface area contributed by atoms with Crippen molar-refractivity contribution in [3.8, 4) is 0 Å². The van der Waals surface area contributed by atoms with Gasteiger partial charge in [0.05, 0.1) is 19.4 Å². The number of unbranched alkanes of at least 4 members (excludes halogenated alkanes) is 2. The van der Waals surface area contributed by atoms with Crippen LogP contribution in [0.15, 0.2) is 0 Å². The molecule has 114 valence electrons. The van der Waals surface area contributed by atoms with Crippen molar-refractivity contribution in [1.82, 2.24) is 4.90 Å². The van der Waals surface area contributed by atoms with Gasteiger partial charge in [0, 0.05) is 6.42 Å². The van der Waals surface area contributed by atoms with Gasteiger partial charge in [-0.3, -0.25) is 14.5 Å². The molecule has 0 aliphatic carbocycles. The largest absolute Gasteiger partial charge is 0.604 e. The third kappa shape index (κ3) is 6.32. The normalized spacial score (nSPS) is 18.3. The Kier molecular flexibility index (Phi) is 6.38. The third-order valence-electron chi connectivity index (χ3n) is 2.94. The number of carbonyl (C=O) groups is 2. The summed E-state index contributed by atoms with van der Waals surface area (Å²) in [7, 11) is 0.0442. The number of alkyl halides is 2. The molecule has 1 aliphatic rings. The van der Waals surface area contributed by atoms with Gasteiger partial charge >= 0.3 is 19.1 Å². The average molecular weight is 291 g/mol. The maximum Gasteiger partial charge on any atom is 0.604 e. The smallest absolute Gasteiger partial charge is 0.498 e. The molecule has 20 heavy (non-hydrogen) atoms. The summed E-state index contributed by atoms with van der Waals surface area (Å²) >= 11 is 0. The summed E-state index contributed by atoms with van der Waals surface area (Å²) in [6.45, 7) is 1.69. The fourth-order valence-corrected chi connectivity index (χ4v) is 1.95. The molecule has 1 aliphatic heterocycles. The van der Waals surface area contributed by atoms with Crippen molar-refractivity contribution in [3.63, 3.8) is 0 Å². The molecule has 5 nitrogen and oxygen atoms in total. The highest BCUT2D eigenvalue weighted by Gasteiger charge is 2.42. The number of rotatable bonds is 6. The SMILES string of the molecule is CCCCCC(F)(F)CB1OC(=O)CN(C)CC(=O)O1. The molecule has 1 saturated heterocycles. The molecule has 0 amide bonds. The van der Waals surface area contributed by atoms with Gasteiger partial charge in [-0.25, -0.2) is 8.78 Å². The summed E-state index contributed by atoms with van der Waals surface area (Å²) in [5.74, 6) is -4.35. The van der Waals surface area contributed by atoms with Gasteiger partial charge < -0.3 is 9.31 Å². The van der Waals surface area contributed by atoms with Crippen LogP contribution in [0.3, 0.4) is 0 Å². The minimum atomic E-state index is -3.01. The lowest BCUT2D eigenvalue weighted by molar-refractivity contribution is -0.146. The van der Waals surface area contributed by atoms with Gasteiger partial charge in [-0.2, -0.15) is 0 Å². The van der Waals surface area contributed by atoms with E-state index < -0.39 is 31.3 Å². The molecular formula is C12H20BF2NO4. The average Bonchev–Trinajstić information content (AvgIpc) is 2.25. The van der Waals surface area contributed by atoms with E-state index in [1.807, 2.05) is 6.92 Å². The van der Waals surface area contributed by atoms with Crippen LogP contribution < -0.4 is 0 Å². The Bertz CT molecular complexity index is 334. The first-order valence-corrected chi connectivity index (χ1v) is 6.78. The van der Waals surface area contributed by atoms with Crippen molar-refractivity contribution >= 4 is 19.1 Å². The summed E-state index contributed by atoms with van der Waals surface area (Å²) < 4.78 is 36.9. The summed E-state index contributed by atoms with van der Waals surface area (Å²) in [4.78, 5) is 24.2. The van der Waals surface area contributed by atoms with E-state index in [0.29, 0.717) is 12.8 Å². The van der Waals surface area contributed by atoms with Gasteiger partial charge in [-0.05, 0) is 13.5 Å². The van der Waals surface area contributed by atoms with Crippen molar-refractivity contribution < 1.29 is 27.7 Å². The van der Waals surface area contributed by atoms with Crippen LogP contribution in [0.1, 0.15) is 32.6 Å². The van der Waals surface area contributed by atoms with Crippen molar-refractivity contribution in [2.24, 2.45) is 0 Å². The number of hydrogen-bond acceptors (Lipinski definition) is 5. The predicted octanol–water partition coefficient (Wildman–Crippen LogP) is 1.72. The Labute approximate surface area is 117 Å². The minimum Gasteiger partial charge on any atom is -0.498 e. The second-order valence-corrected chi connectivity index (χ2v) is 5.10. The van der Waals surface area contributed by atoms with Crippen molar-refractivity contribution in [2.45, 2.75) is 44.8 Å². The topological polar surface area (TPSA) is 55.8 Å². The predicted molar refractivity (Wildman–Crippen MR) is 69.3 cm³/mol. The van der Waals surface area contributed by atoms with Crippen LogP contribution in [-0.2, 0) is 18.9 Å². The maximum atomic E-state index is 13.7. The van der Waals surface area contributed by atoms with E-state index in [1.165, 1.54) is 4.90 Å². The van der Waals surface area contributed by atoms with Gasteiger partial charge in [0.25, 0.3) is 0 Å². The van der Waals surface area contributed by atoms with Crippen LogP contribution in [0.2, 0.25) is 6.32 Å². The van der Waals surface area contributed by atoms with E-state index in [0.717, 1.165) is 6.42 Å². The fraction of sp³-hybridized carbons (Fsp3) is 0.833. The molecule has 0 spiro atoms. The molecule has 8 heteroatoms. The van der Waals surface area contributed by atoms with Crippen LogP contribution in [0.25, 0.3) is 0 Å². The quantitative estimate of drug-likeness (QED) is 0.551. The zero-order valence-corrected chi connectivity index (χ0v) is 11.9. The van der Waals surface area contributed by atoms with Crippen LogP contribution in [-0.4, -0.2) is 50.0 Å².